The summed E-state index contributed by atoms with van der Waals surface area (Å²) < 4.78 is 2.05. The summed E-state index contributed by atoms with van der Waals surface area (Å²) in [6.45, 7) is 7.00. The van der Waals surface area contributed by atoms with Gasteiger partial charge in [-0.15, -0.1) is 12.3 Å². The predicted octanol–water partition coefficient (Wildman–Crippen LogP) is 1.50. The molecule has 1 aromatic rings. The van der Waals surface area contributed by atoms with Crippen molar-refractivity contribution in [3.05, 3.63) is 17.5 Å². The van der Waals surface area contributed by atoms with Gasteiger partial charge in [-0.3, -0.25) is 4.68 Å². The number of aryl methyl sites for hydroxylation is 3. The number of nitrogens with one attached hydrogen (secondary N) is 1. The maximum atomic E-state index is 5.15. The van der Waals surface area contributed by atoms with E-state index in [-0.39, 0.29) is 0 Å². The largest absolute Gasteiger partial charge is 0.316 e. The van der Waals surface area contributed by atoms with Crippen LogP contribution in [-0.2, 0) is 6.54 Å². The summed E-state index contributed by atoms with van der Waals surface area (Å²) in [7, 11) is 0. The Morgan fingerprint density at radius 1 is 1.47 bits per heavy atom. The van der Waals surface area contributed by atoms with Crippen LogP contribution >= 0.6 is 0 Å². The Morgan fingerprint density at radius 2 is 2.27 bits per heavy atom. The monoisotopic (exact) mass is 205 g/mol. The molecule has 0 saturated heterocycles. The number of hydrogen-bond donors (Lipinski definition) is 1. The Bertz CT molecular complexity index is 333. The smallest absolute Gasteiger partial charge is 0.0596 e. The number of rotatable bonds is 6. The highest BCUT2D eigenvalue weighted by Gasteiger charge is 1.99. The molecule has 0 bridgehead atoms. The zero-order valence-corrected chi connectivity index (χ0v) is 9.58. The third-order valence-corrected chi connectivity index (χ3v) is 2.27. The fourth-order valence-corrected chi connectivity index (χ4v) is 1.54. The molecule has 82 valence electrons. The standard InChI is InChI=1S/C12H19N3/c1-4-5-7-13-8-6-9-15-12(3)10-11(2)14-15/h1,10,13H,5-9H2,2-3H3. The van der Waals surface area contributed by atoms with E-state index in [1.165, 1.54) is 5.69 Å². The molecule has 1 aromatic heterocycles. The first-order valence-corrected chi connectivity index (χ1v) is 5.39. The van der Waals surface area contributed by atoms with Gasteiger partial charge in [0.1, 0.15) is 0 Å². The van der Waals surface area contributed by atoms with Gasteiger partial charge in [-0.25, -0.2) is 0 Å². The lowest BCUT2D eigenvalue weighted by atomic mass is 10.3. The van der Waals surface area contributed by atoms with Gasteiger partial charge in [-0.2, -0.15) is 5.10 Å². The third kappa shape index (κ3) is 4.18. The van der Waals surface area contributed by atoms with Crippen LogP contribution in [0.2, 0.25) is 0 Å². The van der Waals surface area contributed by atoms with Crippen molar-refractivity contribution < 1.29 is 0 Å². The van der Waals surface area contributed by atoms with Gasteiger partial charge in [0.2, 0.25) is 0 Å². The predicted molar refractivity (Wildman–Crippen MR) is 62.6 cm³/mol. The maximum Gasteiger partial charge on any atom is 0.0596 e. The van der Waals surface area contributed by atoms with Gasteiger partial charge in [0.05, 0.1) is 5.69 Å². The summed E-state index contributed by atoms with van der Waals surface area (Å²) in [6.07, 6.45) is 7.05. The van der Waals surface area contributed by atoms with Crippen molar-refractivity contribution >= 4 is 0 Å². The molecule has 0 aliphatic heterocycles. The van der Waals surface area contributed by atoms with Crippen molar-refractivity contribution in [1.82, 2.24) is 15.1 Å². The van der Waals surface area contributed by atoms with Crippen LogP contribution in [0, 0.1) is 26.2 Å². The first kappa shape index (κ1) is 11.8. The second-order valence-electron chi connectivity index (χ2n) is 3.71. The molecule has 1 rings (SSSR count). The molecule has 3 heteroatoms. The highest BCUT2D eigenvalue weighted by molar-refractivity contribution is 5.06. The molecule has 0 spiro atoms. The van der Waals surface area contributed by atoms with E-state index in [2.05, 4.69) is 34.0 Å². The van der Waals surface area contributed by atoms with Crippen LogP contribution in [0.25, 0.3) is 0 Å². The van der Waals surface area contributed by atoms with Gasteiger partial charge < -0.3 is 5.32 Å². The first-order chi connectivity index (χ1) is 7.24. The third-order valence-electron chi connectivity index (χ3n) is 2.27. The van der Waals surface area contributed by atoms with E-state index in [0.29, 0.717) is 0 Å². The highest BCUT2D eigenvalue weighted by Crippen LogP contribution is 2.01. The average molecular weight is 205 g/mol. The van der Waals surface area contributed by atoms with Gasteiger partial charge in [0, 0.05) is 25.2 Å². The van der Waals surface area contributed by atoms with Crippen LogP contribution in [0.15, 0.2) is 6.07 Å². The SMILES string of the molecule is C#CCCNCCCn1nc(C)cc1C. The lowest BCUT2D eigenvalue weighted by molar-refractivity contribution is 0.535. The molecule has 0 aromatic carbocycles. The molecule has 0 saturated carbocycles. The minimum atomic E-state index is 0.805. The minimum Gasteiger partial charge on any atom is -0.316 e. The molecule has 1 N–H and O–H groups in total. The Hall–Kier alpha value is -1.27. The molecule has 0 aliphatic carbocycles. The van der Waals surface area contributed by atoms with Crippen molar-refractivity contribution in [3.8, 4) is 12.3 Å². The molecular weight excluding hydrogens is 186 g/mol. The molecule has 15 heavy (non-hydrogen) atoms. The lowest BCUT2D eigenvalue weighted by Gasteiger charge is -2.04. The summed E-state index contributed by atoms with van der Waals surface area (Å²) in [5.41, 5.74) is 2.32. The van der Waals surface area contributed by atoms with Crippen LogP contribution in [0.4, 0.5) is 0 Å². The van der Waals surface area contributed by atoms with E-state index in [1.54, 1.807) is 0 Å². The van der Waals surface area contributed by atoms with Crippen molar-refractivity contribution in [2.75, 3.05) is 13.1 Å². The lowest BCUT2D eigenvalue weighted by Crippen LogP contribution is -2.18. The zero-order chi connectivity index (χ0) is 11.1. The fraction of sp³-hybridized carbons (Fsp3) is 0.583. The normalized spacial score (nSPS) is 10.2. The van der Waals surface area contributed by atoms with E-state index in [9.17, 15) is 0 Å². The molecular formula is C12H19N3. The molecule has 0 unspecified atom stereocenters. The van der Waals surface area contributed by atoms with Crippen molar-refractivity contribution in [2.24, 2.45) is 0 Å². The quantitative estimate of drug-likeness (QED) is 0.563. The highest BCUT2D eigenvalue weighted by atomic mass is 15.3. The Balaban J connectivity index is 2.15. The average Bonchev–Trinajstić information content (AvgIpc) is 2.51. The molecule has 0 atom stereocenters. The minimum absolute atomic E-state index is 0.805. The van der Waals surface area contributed by atoms with E-state index in [1.807, 2.05) is 6.92 Å². The van der Waals surface area contributed by atoms with Crippen molar-refractivity contribution in [2.45, 2.75) is 33.2 Å². The van der Waals surface area contributed by atoms with Gasteiger partial charge in [-0.1, -0.05) is 0 Å². The Kier molecular flexibility index (Phi) is 4.92. The maximum absolute atomic E-state index is 5.15. The fourth-order valence-electron chi connectivity index (χ4n) is 1.54. The molecule has 3 nitrogen and oxygen atoms in total. The number of aromatic nitrogens is 2. The summed E-state index contributed by atoms with van der Waals surface area (Å²) in [5, 5.41) is 7.70. The van der Waals surface area contributed by atoms with Gasteiger partial charge in [0.15, 0.2) is 0 Å². The molecule has 0 fully saturated rings. The topological polar surface area (TPSA) is 29.9 Å². The summed E-state index contributed by atoms with van der Waals surface area (Å²) in [6, 6.07) is 2.10. The molecule has 0 amide bonds. The van der Waals surface area contributed by atoms with Crippen molar-refractivity contribution in [3.63, 3.8) is 0 Å². The molecule has 1 heterocycles. The second-order valence-corrected chi connectivity index (χ2v) is 3.71. The second kappa shape index (κ2) is 6.26. The van der Waals surface area contributed by atoms with Crippen molar-refractivity contribution in [1.29, 1.82) is 0 Å². The first-order valence-electron chi connectivity index (χ1n) is 5.39. The van der Waals surface area contributed by atoms with Crippen LogP contribution < -0.4 is 5.32 Å². The molecule has 0 aliphatic rings. The summed E-state index contributed by atoms with van der Waals surface area (Å²) >= 11 is 0. The van der Waals surface area contributed by atoms with Gasteiger partial charge in [-0.05, 0) is 32.9 Å². The van der Waals surface area contributed by atoms with E-state index in [0.717, 1.165) is 38.2 Å². The number of nitrogens with zero attached hydrogens (tertiary/aromatic N) is 2. The summed E-state index contributed by atoms with van der Waals surface area (Å²) in [4.78, 5) is 0. The van der Waals surface area contributed by atoms with Crippen LogP contribution in [-0.4, -0.2) is 22.9 Å². The zero-order valence-electron chi connectivity index (χ0n) is 9.58. The van der Waals surface area contributed by atoms with Crippen LogP contribution in [0.3, 0.4) is 0 Å². The van der Waals surface area contributed by atoms with E-state index < -0.39 is 0 Å². The van der Waals surface area contributed by atoms with Gasteiger partial charge >= 0.3 is 0 Å². The van der Waals surface area contributed by atoms with E-state index >= 15 is 0 Å². The number of terminal acetylenes is 1. The van der Waals surface area contributed by atoms with Gasteiger partial charge in [0.25, 0.3) is 0 Å². The summed E-state index contributed by atoms with van der Waals surface area (Å²) in [5.74, 6) is 2.61. The Morgan fingerprint density at radius 3 is 2.87 bits per heavy atom. The van der Waals surface area contributed by atoms with E-state index in [4.69, 9.17) is 6.42 Å². The number of hydrogen-bond acceptors (Lipinski definition) is 2. The Labute approximate surface area is 91.9 Å². The molecule has 0 radical (unpaired) electrons. The van der Waals surface area contributed by atoms with Crippen LogP contribution in [0.5, 0.6) is 0 Å². The van der Waals surface area contributed by atoms with Crippen LogP contribution in [0.1, 0.15) is 24.2 Å².